The second-order valence-electron chi connectivity index (χ2n) is 2.08. The Balaban J connectivity index is 2.72. The van der Waals surface area contributed by atoms with Crippen LogP contribution >= 0.6 is 11.3 Å². The van der Waals surface area contributed by atoms with Gasteiger partial charge in [-0.2, -0.15) is 0 Å². The summed E-state index contributed by atoms with van der Waals surface area (Å²) in [5.41, 5.74) is 0. The second kappa shape index (κ2) is 3.71. The van der Waals surface area contributed by atoms with Gasteiger partial charge in [0.25, 0.3) is 6.43 Å². The first-order valence-electron chi connectivity index (χ1n) is 3.12. The molecule has 1 aromatic rings. The molecule has 12 heavy (non-hydrogen) atoms. The number of ketones is 1. The lowest BCUT2D eigenvalue weighted by molar-refractivity contribution is -0.134. The molecular formula is C7H5F3OS. The van der Waals surface area contributed by atoms with Gasteiger partial charge in [0.15, 0.2) is 6.17 Å². The monoisotopic (exact) mass is 194 g/mol. The Morgan fingerprint density at radius 2 is 2.08 bits per heavy atom. The summed E-state index contributed by atoms with van der Waals surface area (Å²) < 4.78 is 36.2. The minimum Gasteiger partial charge on any atom is -0.290 e. The molecule has 0 bridgehead atoms. The number of alkyl halides is 3. The SMILES string of the molecule is O=C(C(F)F)C(F)c1cccs1. The summed E-state index contributed by atoms with van der Waals surface area (Å²) in [4.78, 5) is 10.5. The van der Waals surface area contributed by atoms with Crippen molar-refractivity contribution in [3.05, 3.63) is 22.4 Å². The van der Waals surface area contributed by atoms with E-state index in [4.69, 9.17) is 0 Å². The van der Waals surface area contributed by atoms with E-state index in [2.05, 4.69) is 0 Å². The number of thiophene rings is 1. The number of hydrogen-bond donors (Lipinski definition) is 0. The smallest absolute Gasteiger partial charge is 0.290 e. The Bertz CT molecular complexity index is 258. The van der Waals surface area contributed by atoms with Crippen molar-refractivity contribution in [3.63, 3.8) is 0 Å². The van der Waals surface area contributed by atoms with E-state index in [0.717, 1.165) is 11.3 Å². The molecule has 0 saturated carbocycles. The van der Waals surface area contributed by atoms with E-state index < -0.39 is 18.4 Å². The van der Waals surface area contributed by atoms with Crippen molar-refractivity contribution in [2.24, 2.45) is 0 Å². The van der Waals surface area contributed by atoms with Crippen molar-refractivity contribution in [2.45, 2.75) is 12.6 Å². The Morgan fingerprint density at radius 1 is 1.42 bits per heavy atom. The molecule has 1 heterocycles. The fraction of sp³-hybridized carbons (Fsp3) is 0.286. The van der Waals surface area contributed by atoms with Gasteiger partial charge in [0, 0.05) is 4.88 Å². The molecule has 0 N–H and O–H groups in total. The van der Waals surface area contributed by atoms with Crippen LogP contribution in [-0.4, -0.2) is 12.2 Å². The molecule has 0 amide bonds. The van der Waals surface area contributed by atoms with E-state index >= 15 is 0 Å². The second-order valence-corrected chi connectivity index (χ2v) is 3.06. The van der Waals surface area contributed by atoms with Crippen LogP contribution in [0.4, 0.5) is 13.2 Å². The lowest BCUT2D eigenvalue weighted by Crippen LogP contribution is -2.15. The Morgan fingerprint density at radius 3 is 2.50 bits per heavy atom. The molecule has 0 saturated heterocycles. The maximum absolute atomic E-state index is 12.8. The Hall–Kier alpha value is -0.840. The van der Waals surface area contributed by atoms with Crippen molar-refractivity contribution in [1.82, 2.24) is 0 Å². The molecular weight excluding hydrogens is 189 g/mol. The first kappa shape index (κ1) is 9.25. The van der Waals surface area contributed by atoms with Crippen LogP contribution in [0.3, 0.4) is 0 Å². The topological polar surface area (TPSA) is 17.1 Å². The molecule has 66 valence electrons. The zero-order valence-corrected chi connectivity index (χ0v) is 6.65. The first-order chi connectivity index (χ1) is 5.63. The summed E-state index contributed by atoms with van der Waals surface area (Å²) in [7, 11) is 0. The summed E-state index contributed by atoms with van der Waals surface area (Å²) in [6.45, 7) is 0. The van der Waals surface area contributed by atoms with Gasteiger partial charge in [0.2, 0.25) is 5.78 Å². The highest BCUT2D eigenvalue weighted by molar-refractivity contribution is 7.10. The van der Waals surface area contributed by atoms with Gasteiger partial charge in [-0.15, -0.1) is 11.3 Å². The maximum atomic E-state index is 12.8. The highest BCUT2D eigenvalue weighted by Gasteiger charge is 2.28. The predicted octanol–water partition coefficient (Wildman–Crippen LogP) is 2.59. The Labute approximate surface area is 70.8 Å². The van der Waals surface area contributed by atoms with Crippen LogP contribution in [0.15, 0.2) is 17.5 Å². The molecule has 1 nitrogen and oxygen atoms in total. The minimum absolute atomic E-state index is 0.0281. The van der Waals surface area contributed by atoms with Crippen LogP contribution in [0.5, 0.6) is 0 Å². The molecule has 1 unspecified atom stereocenters. The summed E-state index contributed by atoms with van der Waals surface area (Å²) in [6, 6.07) is 2.82. The van der Waals surface area contributed by atoms with Gasteiger partial charge < -0.3 is 0 Å². The van der Waals surface area contributed by atoms with Crippen molar-refractivity contribution in [1.29, 1.82) is 0 Å². The third-order valence-corrected chi connectivity index (χ3v) is 2.17. The summed E-state index contributed by atoms with van der Waals surface area (Å²) in [5.74, 6) is -1.67. The highest BCUT2D eigenvalue weighted by atomic mass is 32.1. The number of Topliss-reactive ketones (excluding diaryl/α,β-unsaturated/α-hetero) is 1. The number of halogens is 3. The molecule has 0 aliphatic carbocycles. The van der Waals surface area contributed by atoms with Crippen LogP contribution in [0.25, 0.3) is 0 Å². The average molecular weight is 194 g/mol. The summed E-state index contributed by atoms with van der Waals surface area (Å²) in [6.07, 6.45) is -5.41. The molecule has 5 heteroatoms. The van der Waals surface area contributed by atoms with E-state index in [0.29, 0.717) is 0 Å². The molecule has 1 atom stereocenters. The standard InChI is InChI=1S/C7H5F3OS/c8-5(6(11)7(9)10)4-2-1-3-12-4/h1-3,5,7H. The fourth-order valence-electron chi connectivity index (χ4n) is 0.686. The number of carbonyl (C=O) groups excluding carboxylic acids is 1. The van der Waals surface area contributed by atoms with Crippen LogP contribution in [0.2, 0.25) is 0 Å². The van der Waals surface area contributed by atoms with Gasteiger partial charge in [-0.05, 0) is 11.4 Å². The third-order valence-electron chi connectivity index (χ3n) is 1.26. The third kappa shape index (κ3) is 1.85. The lowest BCUT2D eigenvalue weighted by atomic mass is 10.2. The fourth-order valence-corrected chi connectivity index (χ4v) is 1.39. The molecule has 0 radical (unpaired) electrons. The van der Waals surface area contributed by atoms with Crippen LogP contribution in [0, 0.1) is 0 Å². The molecule has 0 spiro atoms. The van der Waals surface area contributed by atoms with Gasteiger partial charge in [-0.25, -0.2) is 13.2 Å². The number of carbonyl (C=O) groups is 1. The van der Waals surface area contributed by atoms with E-state index in [1.54, 1.807) is 0 Å². The van der Waals surface area contributed by atoms with Crippen LogP contribution < -0.4 is 0 Å². The predicted molar refractivity (Wildman–Crippen MR) is 39.2 cm³/mol. The average Bonchev–Trinajstić information content (AvgIpc) is 2.53. The van der Waals surface area contributed by atoms with Crippen LogP contribution in [0.1, 0.15) is 11.0 Å². The van der Waals surface area contributed by atoms with Crippen molar-refractivity contribution in [3.8, 4) is 0 Å². The van der Waals surface area contributed by atoms with Gasteiger partial charge in [-0.1, -0.05) is 6.07 Å². The van der Waals surface area contributed by atoms with E-state index in [9.17, 15) is 18.0 Å². The zero-order chi connectivity index (χ0) is 9.14. The van der Waals surface area contributed by atoms with Crippen molar-refractivity contribution in [2.75, 3.05) is 0 Å². The summed E-state index contributed by atoms with van der Waals surface area (Å²) >= 11 is 0.948. The van der Waals surface area contributed by atoms with E-state index in [-0.39, 0.29) is 4.88 Å². The van der Waals surface area contributed by atoms with Gasteiger partial charge in [0.1, 0.15) is 0 Å². The van der Waals surface area contributed by atoms with Gasteiger partial charge in [-0.3, -0.25) is 4.79 Å². The minimum atomic E-state index is -3.23. The van der Waals surface area contributed by atoms with Crippen LogP contribution in [-0.2, 0) is 4.79 Å². The molecule has 0 aliphatic heterocycles. The first-order valence-corrected chi connectivity index (χ1v) is 4.00. The maximum Gasteiger partial charge on any atom is 0.299 e. The van der Waals surface area contributed by atoms with Crippen molar-refractivity contribution < 1.29 is 18.0 Å². The lowest BCUT2D eigenvalue weighted by Gasteiger charge is -2.02. The van der Waals surface area contributed by atoms with Gasteiger partial charge in [0.05, 0.1) is 0 Å². The molecule has 0 aliphatic rings. The summed E-state index contributed by atoms with van der Waals surface area (Å²) in [5, 5.41) is 1.53. The van der Waals surface area contributed by atoms with E-state index in [1.807, 2.05) is 0 Å². The van der Waals surface area contributed by atoms with E-state index in [1.165, 1.54) is 17.5 Å². The molecule has 1 rings (SSSR count). The number of hydrogen-bond acceptors (Lipinski definition) is 2. The zero-order valence-electron chi connectivity index (χ0n) is 5.84. The molecule has 0 fully saturated rings. The normalized spacial score (nSPS) is 13.3. The highest BCUT2D eigenvalue weighted by Crippen LogP contribution is 2.25. The molecule has 1 aromatic heterocycles. The number of rotatable bonds is 3. The molecule has 0 aromatic carbocycles. The Kier molecular flexibility index (Phi) is 2.86. The van der Waals surface area contributed by atoms with Crippen molar-refractivity contribution >= 4 is 17.1 Å². The van der Waals surface area contributed by atoms with Gasteiger partial charge >= 0.3 is 0 Å². The largest absolute Gasteiger partial charge is 0.299 e. The quantitative estimate of drug-likeness (QED) is 0.722.